The number of aryl methyl sites for hydroxylation is 2. The molecule has 19 heavy (non-hydrogen) atoms. The molecule has 0 spiro atoms. The van der Waals surface area contributed by atoms with Crippen LogP contribution in [0.1, 0.15) is 25.1 Å². The summed E-state index contributed by atoms with van der Waals surface area (Å²) in [6.07, 6.45) is 6.71. The van der Waals surface area contributed by atoms with Gasteiger partial charge in [0.1, 0.15) is 5.82 Å². The van der Waals surface area contributed by atoms with Crippen molar-refractivity contribution in [2.24, 2.45) is 12.5 Å². The number of carbonyl (C=O) groups excluding carboxylic acids is 1. The van der Waals surface area contributed by atoms with E-state index in [1.807, 2.05) is 17.8 Å². The zero-order valence-electron chi connectivity index (χ0n) is 11.4. The summed E-state index contributed by atoms with van der Waals surface area (Å²) in [7, 11) is 2.44. The molecule has 1 atom stereocenters. The molecule has 1 aliphatic rings. The van der Waals surface area contributed by atoms with Gasteiger partial charge in [-0.05, 0) is 18.3 Å². The lowest BCUT2D eigenvalue weighted by Gasteiger charge is -2.13. The normalized spacial score (nSPS) is 18.0. The molecule has 0 bridgehead atoms. The predicted octanol–water partition coefficient (Wildman–Crippen LogP) is 1.05. The van der Waals surface area contributed by atoms with Crippen molar-refractivity contribution in [3.05, 3.63) is 18.2 Å². The van der Waals surface area contributed by atoms with Gasteiger partial charge in [-0.1, -0.05) is 0 Å². The molecule has 0 saturated heterocycles. The minimum Gasteiger partial charge on any atom is -0.469 e. The average Bonchev–Trinajstić information content (AvgIpc) is 2.98. The molecule has 106 valence electrons. The van der Waals surface area contributed by atoms with Crippen LogP contribution in [0, 0.1) is 5.41 Å². The maximum Gasteiger partial charge on any atom is 0.306 e. The van der Waals surface area contributed by atoms with Crippen molar-refractivity contribution in [3.63, 3.8) is 0 Å². The van der Waals surface area contributed by atoms with Crippen LogP contribution < -0.4 is 0 Å². The summed E-state index contributed by atoms with van der Waals surface area (Å²) in [6.45, 7) is 0. The van der Waals surface area contributed by atoms with Crippen molar-refractivity contribution in [2.75, 3.05) is 18.6 Å². The standard InChI is InChI=1S/C13H20N2O3S/c1-15-7-6-14-11(15)3-8-19(17)10-13(4-5-13)9-12(16)18-2/h6-7H,3-5,8-10H2,1-2H3. The molecule has 0 amide bonds. The van der Waals surface area contributed by atoms with E-state index in [4.69, 9.17) is 4.74 Å². The summed E-state index contributed by atoms with van der Waals surface area (Å²) in [6, 6.07) is 0. The quantitative estimate of drug-likeness (QED) is 0.702. The first kappa shape index (κ1) is 14.2. The second-order valence-corrected chi connectivity index (χ2v) is 6.82. The monoisotopic (exact) mass is 284 g/mol. The van der Waals surface area contributed by atoms with E-state index in [2.05, 4.69) is 4.98 Å². The van der Waals surface area contributed by atoms with Crippen LogP contribution in [0.2, 0.25) is 0 Å². The fourth-order valence-electron chi connectivity index (χ4n) is 2.18. The lowest BCUT2D eigenvalue weighted by Crippen LogP contribution is -2.20. The van der Waals surface area contributed by atoms with Crippen LogP contribution in [0.15, 0.2) is 12.4 Å². The number of rotatable bonds is 7. The average molecular weight is 284 g/mol. The number of nitrogens with zero attached hydrogens (tertiary/aromatic N) is 2. The third kappa shape index (κ3) is 3.89. The van der Waals surface area contributed by atoms with Crippen molar-refractivity contribution in [1.82, 2.24) is 9.55 Å². The van der Waals surface area contributed by atoms with Gasteiger partial charge in [0, 0.05) is 48.2 Å². The highest BCUT2D eigenvalue weighted by molar-refractivity contribution is 7.85. The number of carbonyl (C=O) groups is 1. The van der Waals surface area contributed by atoms with Gasteiger partial charge in [0.15, 0.2) is 0 Å². The Bertz CT molecular complexity index is 480. The van der Waals surface area contributed by atoms with E-state index in [1.54, 1.807) is 6.20 Å². The van der Waals surface area contributed by atoms with Gasteiger partial charge in [-0.25, -0.2) is 4.98 Å². The minimum absolute atomic E-state index is 0.0560. The lowest BCUT2D eigenvalue weighted by molar-refractivity contribution is -0.141. The van der Waals surface area contributed by atoms with Gasteiger partial charge in [0.25, 0.3) is 0 Å². The molecule has 1 aliphatic carbocycles. The number of imidazole rings is 1. The fraction of sp³-hybridized carbons (Fsp3) is 0.692. The predicted molar refractivity (Wildman–Crippen MR) is 73.1 cm³/mol. The Morgan fingerprint density at radius 3 is 2.84 bits per heavy atom. The molecule has 0 N–H and O–H groups in total. The van der Waals surface area contributed by atoms with E-state index in [0.717, 1.165) is 18.7 Å². The Balaban J connectivity index is 1.78. The molecular formula is C13H20N2O3S. The Kier molecular flexibility index (Phi) is 4.39. The van der Waals surface area contributed by atoms with Crippen LogP contribution in [-0.2, 0) is 33.8 Å². The van der Waals surface area contributed by atoms with Crippen molar-refractivity contribution >= 4 is 16.8 Å². The number of ether oxygens (including phenoxy) is 1. The van der Waals surface area contributed by atoms with Gasteiger partial charge in [0.2, 0.25) is 0 Å². The Hall–Kier alpha value is -1.17. The summed E-state index contributed by atoms with van der Waals surface area (Å²) in [5.41, 5.74) is -0.0560. The van der Waals surface area contributed by atoms with Crippen LogP contribution in [0.25, 0.3) is 0 Å². The number of hydrogen-bond donors (Lipinski definition) is 0. The molecule has 0 aromatic carbocycles. The van der Waals surface area contributed by atoms with Gasteiger partial charge in [-0.3, -0.25) is 9.00 Å². The van der Waals surface area contributed by atoms with Gasteiger partial charge in [-0.2, -0.15) is 0 Å². The largest absolute Gasteiger partial charge is 0.469 e. The maximum absolute atomic E-state index is 12.1. The first-order valence-electron chi connectivity index (χ1n) is 6.43. The zero-order valence-corrected chi connectivity index (χ0v) is 12.2. The highest BCUT2D eigenvalue weighted by atomic mass is 32.2. The van der Waals surface area contributed by atoms with Crippen molar-refractivity contribution in [1.29, 1.82) is 0 Å². The number of methoxy groups -OCH3 is 1. The van der Waals surface area contributed by atoms with Crippen molar-refractivity contribution < 1.29 is 13.7 Å². The SMILES string of the molecule is COC(=O)CC1(CS(=O)CCc2nccn2C)CC1. The maximum atomic E-state index is 12.1. The van der Waals surface area contributed by atoms with Crippen LogP contribution in [0.5, 0.6) is 0 Å². The molecule has 1 unspecified atom stereocenters. The van der Waals surface area contributed by atoms with Crippen LogP contribution in [-0.4, -0.2) is 38.3 Å². The smallest absolute Gasteiger partial charge is 0.306 e. The first-order valence-corrected chi connectivity index (χ1v) is 7.91. The molecule has 1 heterocycles. The summed E-state index contributed by atoms with van der Waals surface area (Å²) in [5, 5.41) is 0. The van der Waals surface area contributed by atoms with Gasteiger partial charge in [0.05, 0.1) is 13.5 Å². The molecule has 6 heteroatoms. The Labute approximate surface area is 115 Å². The van der Waals surface area contributed by atoms with E-state index in [-0.39, 0.29) is 11.4 Å². The number of hydrogen-bond acceptors (Lipinski definition) is 4. The van der Waals surface area contributed by atoms with Crippen molar-refractivity contribution in [2.45, 2.75) is 25.7 Å². The van der Waals surface area contributed by atoms with E-state index in [9.17, 15) is 9.00 Å². The highest BCUT2D eigenvalue weighted by Gasteiger charge is 2.45. The second kappa shape index (κ2) is 5.86. The van der Waals surface area contributed by atoms with Crippen molar-refractivity contribution in [3.8, 4) is 0 Å². The Morgan fingerprint density at radius 2 is 2.32 bits per heavy atom. The molecule has 0 aliphatic heterocycles. The molecule has 1 aromatic heterocycles. The van der Waals surface area contributed by atoms with E-state index < -0.39 is 10.8 Å². The summed E-state index contributed by atoms with van der Waals surface area (Å²) in [5.74, 6) is 1.96. The first-order chi connectivity index (χ1) is 9.04. The number of esters is 1. The molecule has 5 nitrogen and oxygen atoms in total. The molecule has 1 aromatic rings. The molecule has 2 rings (SSSR count). The second-order valence-electron chi connectivity index (χ2n) is 5.25. The third-order valence-electron chi connectivity index (χ3n) is 3.65. The molecule has 0 radical (unpaired) electrons. The highest BCUT2D eigenvalue weighted by Crippen LogP contribution is 2.49. The van der Waals surface area contributed by atoms with Gasteiger partial charge in [-0.15, -0.1) is 0 Å². The van der Waals surface area contributed by atoms with Crippen LogP contribution in [0.4, 0.5) is 0 Å². The van der Waals surface area contributed by atoms with Gasteiger partial charge < -0.3 is 9.30 Å². The Morgan fingerprint density at radius 1 is 1.58 bits per heavy atom. The lowest BCUT2D eigenvalue weighted by atomic mass is 10.1. The summed E-state index contributed by atoms with van der Waals surface area (Å²) in [4.78, 5) is 15.5. The van der Waals surface area contributed by atoms with E-state index in [0.29, 0.717) is 24.3 Å². The molecular weight excluding hydrogens is 264 g/mol. The summed E-state index contributed by atoms with van der Waals surface area (Å²) >= 11 is 0. The topological polar surface area (TPSA) is 61.2 Å². The minimum atomic E-state index is -0.899. The summed E-state index contributed by atoms with van der Waals surface area (Å²) < 4.78 is 18.7. The number of aromatic nitrogens is 2. The van der Waals surface area contributed by atoms with E-state index >= 15 is 0 Å². The molecule has 1 saturated carbocycles. The van der Waals surface area contributed by atoms with Crippen LogP contribution in [0.3, 0.4) is 0 Å². The third-order valence-corrected chi connectivity index (χ3v) is 5.24. The fourth-order valence-corrected chi connectivity index (χ4v) is 3.81. The van der Waals surface area contributed by atoms with Crippen LogP contribution >= 0.6 is 0 Å². The molecule has 1 fully saturated rings. The van der Waals surface area contributed by atoms with Gasteiger partial charge >= 0.3 is 5.97 Å². The zero-order chi connectivity index (χ0) is 13.9. The van der Waals surface area contributed by atoms with E-state index in [1.165, 1.54) is 7.11 Å².